The molecule has 0 spiro atoms. The molecule has 1 aliphatic heterocycles. The Labute approximate surface area is 111 Å². The summed E-state index contributed by atoms with van der Waals surface area (Å²) in [5.41, 5.74) is 1.43. The fraction of sp³-hybridized carbons (Fsp3) is 0.500. The van der Waals surface area contributed by atoms with Crippen LogP contribution in [0.5, 0.6) is 0 Å². The van der Waals surface area contributed by atoms with E-state index in [9.17, 15) is 14.5 Å². The number of allylic oxidation sites excluding steroid dienone is 2. The molecule has 1 aliphatic rings. The number of nitrogens with zero attached hydrogens (tertiary/aromatic N) is 2. The Balaban J connectivity index is 3.30. The van der Waals surface area contributed by atoms with Gasteiger partial charge in [0, 0.05) is 5.70 Å². The molecule has 7 heteroatoms. The number of rotatable bonds is 4. The van der Waals surface area contributed by atoms with E-state index < -0.39 is 18.0 Å². The highest BCUT2D eigenvalue weighted by Gasteiger charge is 2.37. The van der Waals surface area contributed by atoms with Crippen LogP contribution in [0.25, 0.3) is 0 Å². The number of nitroso groups, excluding NO2 is 1. The summed E-state index contributed by atoms with van der Waals surface area (Å²) in [7, 11) is 0. The number of amides is 2. The number of carbonyl (C=O) groups is 2. The highest BCUT2D eigenvalue weighted by molar-refractivity contribution is 5.95. The Kier molecular flexibility index (Phi) is 4.80. The largest absolute Gasteiger partial charge is 0.463 e. The first kappa shape index (κ1) is 14.9. The topological polar surface area (TPSA) is 88.1 Å². The molecule has 0 saturated carbocycles. The zero-order valence-corrected chi connectivity index (χ0v) is 11.4. The molecule has 1 N–H and O–H groups in total. The second-order valence-corrected chi connectivity index (χ2v) is 4.30. The number of nitrogens with one attached hydrogen (secondary N) is 1. The van der Waals surface area contributed by atoms with Gasteiger partial charge in [0.25, 0.3) is 0 Å². The summed E-state index contributed by atoms with van der Waals surface area (Å²) in [5, 5.41) is 5.78. The average Bonchev–Trinajstić information content (AvgIpc) is 2.28. The molecule has 2 amide bonds. The summed E-state index contributed by atoms with van der Waals surface area (Å²) in [5.74, 6) is -0.573. The van der Waals surface area contributed by atoms with E-state index in [1.165, 1.54) is 0 Å². The van der Waals surface area contributed by atoms with Gasteiger partial charge >= 0.3 is 12.0 Å². The fourth-order valence-corrected chi connectivity index (χ4v) is 1.80. The van der Waals surface area contributed by atoms with Gasteiger partial charge in [-0.1, -0.05) is 11.6 Å². The molecule has 1 rings (SSSR count). The molecule has 0 aromatic heterocycles. The van der Waals surface area contributed by atoms with Crippen molar-refractivity contribution in [2.45, 2.75) is 33.7 Å². The van der Waals surface area contributed by atoms with Crippen molar-refractivity contribution in [1.29, 1.82) is 0 Å². The minimum atomic E-state index is -0.838. The van der Waals surface area contributed by atoms with Crippen molar-refractivity contribution in [3.05, 3.63) is 27.8 Å². The Bertz CT molecular complexity index is 464. The molecule has 0 saturated heterocycles. The third kappa shape index (κ3) is 3.18. The highest BCUT2D eigenvalue weighted by Crippen LogP contribution is 2.23. The van der Waals surface area contributed by atoms with Gasteiger partial charge in [-0.2, -0.15) is 5.01 Å². The normalized spacial score (nSPS) is 18.8. The lowest BCUT2D eigenvalue weighted by Crippen LogP contribution is -2.49. The maximum atomic E-state index is 11.9. The quantitative estimate of drug-likeness (QED) is 0.478. The molecule has 19 heavy (non-hydrogen) atoms. The predicted molar refractivity (Wildman–Crippen MR) is 68.7 cm³/mol. The summed E-state index contributed by atoms with van der Waals surface area (Å²) in [6.45, 7) is 7.07. The molecule has 104 valence electrons. The molecule has 0 bridgehead atoms. The second kappa shape index (κ2) is 6.12. The minimum absolute atomic E-state index is 0.208. The molecule has 0 aromatic carbocycles. The van der Waals surface area contributed by atoms with Gasteiger partial charge in [-0.05, 0) is 27.7 Å². The van der Waals surface area contributed by atoms with Gasteiger partial charge in [0.2, 0.25) is 0 Å². The van der Waals surface area contributed by atoms with Crippen LogP contribution in [-0.2, 0) is 9.53 Å². The molecule has 1 heterocycles. The third-order valence-electron chi connectivity index (χ3n) is 2.54. The van der Waals surface area contributed by atoms with E-state index in [1.54, 1.807) is 33.8 Å². The molecular formula is C12H17N3O4. The first-order chi connectivity index (χ1) is 8.92. The van der Waals surface area contributed by atoms with Crippen LogP contribution in [-0.4, -0.2) is 29.7 Å². The molecule has 0 radical (unpaired) electrons. The van der Waals surface area contributed by atoms with Crippen LogP contribution in [0.15, 0.2) is 28.2 Å². The van der Waals surface area contributed by atoms with Crippen LogP contribution >= 0.6 is 0 Å². The van der Waals surface area contributed by atoms with Gasteiger partial charge in [0.15, 0.2) is 0 Å². The molecule has 7 nitrogen and oxygen atoms in total. The van der Waals surface area contributed by atoms with E-state index in [0.717, 1.165) is 5.57 Å². The number of hydrogen-bond acceptors (Lipinski definition) is 5. The average molecular weight is 267 g/mol. The summed E-state index contributed by atoms with van der Waals surface area (Å²) in [6, 6.07) is -1.50. The van der Waals surface area contributed by atoms with Crippen molar-refractivity contribution >= 4 is 12.0 Å². The summed E-state index contributed by atoms with van der Waals surface area (Å²) < 4.78 is 4.94. The molecule has 1 atom stereocenters. The maximum Gasteiger partial charge on any atom is 0.345 e. The lowest BCUT2D eigenvalue weighted by Gasteiger charge is -2.30. The van der Waals surface area contributed by atoms with Gasteiger partial charge in [0.05, 0.1) is 17.5 Å². The van der Waals surface area contributed by atoms with Crippen molar-refractivity contribution < 1.29 is 14.3 Å². The van der Waals surface area contributed by atoms with E-state index in [4.69, 9.17) is 4.74 Å². The third-order valence-corrected chi connectivity index (χ3v) is 2.54. The van der Waals surface area contributed by atoms with E-state index >= 15 is 0 Å². The SMILES string of the molecule is CCOC(=O)C1=C(C)NC(=O)N(N=O)C1C=C(C)C. The Morgan fingerprint density at radius 3 is 2.63 bits per heavy atom. The van der Waals surface area contributed by atoms with Crippen molar-refractivity contribution in [3.63, 3.8) is 0 Å². The summed E-state index contributed by atoms with van der Waals surface area (Å²) >= 11 is 0. The molecular weight excluding hydrogens is 250 g/mol. The molecule has 0 aromatic rings. The Morgan fingerprint density at radius 2 is 2.16 bits per heavy atom. The van der Waals surface area contributed by atoms with Crippen LogP contribution in [0, 0.1) is 4.91 Å². The number of carbonyl (C=O) groups excluding carboxylic acids is 2. The number of hydrogen-bond donors (Lipinski definition) is 1. The smallest absolute Gasteiger partial charge is 0.345 e. The first-order valence-corrected chi connectivity index (χ1v) is 5.88. The van der Waals surface area contributed by atoms with Gasteiger partial charge in [0.1, 0.15) is 6.04 Å². The van der Waals surface area contributed by atoms with Gasteiger partial charge < -0.3 is 10.1 Å². The number of urea groups is 1. The minimum Gasteiger partial charge on any atom is -0.463 e. The number of esters is 1. The number of ether oxygens (including phenoxy) is 1. The van der Waals surface area contributed by atoms with Crippen molar-refractivity contribution in [1.82, 2.24) is 10.3 Å². The summed E-state index contributed by atoms with van der Waals surface area (Å²) in [4.78, 5) is 34.4. The monoisotopic (exact) mass is 267 g/mol. The standard InChI is InChI=1S/C12H17N3O4/c1-5-19-11(16)10-8(4)13-12(17)15(14-18)9(10)6-7(2)3/h6,9H,5H2,1-4H3,(H,13,17). The van der Waals surface area contributed by atoms with E-state index in [-0.39, 0.29) is 12.2 Å². The Hall–Kier alpha value is -2.18. The van der Waals surface area contributed by atoms with Gasteiger partial charge in [-0.25, -0.2) is 9.59 Å². The van der Waals surface area contributed by atoms with Crippen LogP contribution < -0.4 is 5.32 Å². The van der Waals surface area contributed by atoms with E-state index in [0.29, 0.717) is 10.7 Å². The van der Waals surface area contributed by atoms with Gasteiger partial charge in [-0.3, -0.25) is 0 Å². The zero-order valence-electron chi connectivity index (χ0n) is 11.4. The van der Waals surface area contributed by atoms with Gasteiger partial charge in [-0.15, -0.1) is 4.91 Å². The second-order valence-electron chi connectivity index (χ2n) is 4.30. The molecule has 1 unspecified atom stereocenters. The first-order valence-electron chi connectivity index (χ1n) is 5.88. The lowest BCUT2D eigenvalue weighted by molar-refractivity contribution is -0.139. The van der Waals surface area contributed by atoms with Crippen molar-refractivity contribution in [2.75, 3.05) is 6.61 Å². The zero-order chi connectivity index (χ0) is 14.6. The van der Waals surface area contributed by atoms with Crippen LogP contribution in [0.1, 0.15) is 27.7 Å². The van der Waals surface area contributed by atoms with Crippen LogP contribution in [0.3, 0.4) is 0 Å². The predicted octanol–water partition coefficient (Wildman–Crippen LogP) is 1.86. The highest BCUT2D eigenvalue weighted by atomic mass is 16.5. The van der Waals surface area contributed by atoms with Crippen molar-refractivity contribution in [3.8, 4) is 0 Å². The van der Waals surface area contributed by atoms with Crippen LogP contribution in [0.4, 0.5) is 4.79 Å². The molecule has 0 aliphatic carbocycles. The summed E-state index contributed by atoms with van der Waals surface area (Å²) in [6.07, 6.45) is 1.62. The van der Waals surface area contributed by atoms with Crippen LogP contribution in [0.2, 0.25) is 0 Å². The lowest BCUT2D eigenvalue weighted by atomic mass is 10.0. The fourth-order valence-electron chi connectivity index (χ4n) is 1.80. The maximum absolute atomic E-state index is 11.9. The molecule has 0 fully saturated rings. The van der Waals surface area contributed by atoms with Crippen molar-refractivity contribution in [2.24, 2.45) is 5.29 Å². The Morgan fingerprint density at radius 1 is 1.53 bits per heavy atom. The van der Waals surface area contributed by atoms with E-state index in [1.807, 2.05) is 0 Å². The van der Waals surface area contributed by atoms with E-state index in [2.05, 4.69) is 10.6 Å².